The van der Waals surface area contributed by atoms with Gasteiger partial charge in [-0.05, 0) is 5.56 Å². The molecule has 0 N–H and O–H groups in total. The Hall–Kier alpha value is -2.12. The summed E-state index contributed by atoms with van der Waals surface area (Å²) in [7, 11) is 0. The van der Waals surface area contributed by atoms with Crippen LogP contribution in [0.5, 0.6) is 0 Å². The Balaban J connectivity index is 1.37. The van der Waals surface area contributed by atoms with Crippen molar-refractivity contribution in [1.29, 1.82) is 0 Å². The molecule has 0 saturated carbocycles. The minimum Gasteiger partial charge on any atom is -0.340 e. The van der Waals surface area contributed by atoms with Crippen molar-refractivity contribution in [3.8, 4) is 0 Å². The molecule has 0 radical (unpaired) electrons. The second-order valence-electron chi connectivity index (χ2n) is 9.22. The number of piperazine rings is 1. The van der Waals surface area contributed by atoms with Gasteiger partial charge < -0.3 is 4.90 Å². The minimum absolute atomic E-state index is 0.0531. The van der Waals surface area contributed by atoms with Crippen molar-refractivity contribution in [3.63, 3.8) is 0 Å². The number of amides is 1. The molecule has 4 rings (SSSR count). The summed E-state index contributed by atoms with van der Waals surface area (Å²) in [6.45, 7) is 10.8. The second kappa shape index (κ2) is 8.55. The molecule has 0 aliphatic carbocycles. The van der Waals surface area contributed by atoms with E-state index in [9.17, 15) is 9.59 Å². The van der Waals surface area contributed by atoms with Gasteiger partial charge in [0.05, 0.1) is 11.6 Å². The van der Waals surface area contributed by atoms with E-state index in [1.807, 2.05) is 11.0 Å². The number of carbonyl (C=O) groups is 1. The van der Waals surface area contributed by atoms with Crippen molar-refractivity contribution in [3.05, 3.63) is 58.0 Å². The second-order valence-corrected chi connectivity index (χ2v) is 10.2. The van der Waals surface area contributed by atoms with Gasteiger partial charge in [0, 0.05) is 56.5 Å². The molecule has 1 fully saturated rings. The van der Waals surface area contributed by atoms with Crippen LogP contribution in [0.3, 0.4) is 0 Å². The topological polar surface area (TPSA) is 58.4 Å². The Morgan fingerprint density at radius 1 is 1.13 bits per heavy atom. The number of hydrogen-bond donors (Lipinski definition) is 0. The normalized spacial score (nSPS) is 20.1. The van der Waals surface area contributed by atoms with Crippen LogP contribution in [0.1, 0.15) is 32.0 Å². The van der Waals surface area contributed by atoms with Gasteiger partial charge in [0.2, 0.25) is 5.91 Å². The highest BCUT2D eigenvalue weighted by molar-refractivity contribution is 7.99. The molecule has 2 aliphatic heterocycles. The fourth-order valence-corrected chi connectivity index (χ4v) is 5.05. The zero-order valence-electron chi connectivity index (χ0n) is 18.0. The average Bonchev–Trinajstić information content (AvgIpc) is 2.73. The highest BCUT2D eigenvalue weighted by Crippen LogP contribution is 2.29. The third-order valence-electron chi connectivity index (χ3n) is 5.84. The summed E-state index contributed by atoms with van der Waals surface area (Å²) in [5.41, 5.74) is 1.90. The van der Waals surface area contributed by atoms with Crippen molar-refractivity contribution >= 4 is 17.7 Å². The Kier molecular flexibility index (Phi) is 6.02. The lowest BCUT2D eigenvalue weighted by molar-refractivity contribution is -0.137. The third kappa shape index (κ3) is 4.62. The molecule has 1 amide bonds. The third-order valence-corrected chi connectivity index (χ3v) is 6.98. The number of nitrogens with zero attached hydrogens (tertiary/aromatic N) is 4. The Morgan fingerprint density at radius 2 is 1.83 bits per heavy atom. The van der Waals surface area contributed by atoms with Crippen LogP contribution in [0.2, 0.25) is 0 Å². The average molecular weight is 427 g/mol. The van der Waals surface area contributed by atoms with Crippen LogP contribution >= 0.6 is 11.8 Å². The maximum Gasteiger partial charge on any atom is 0.254 e. The number of thioether (sulfide) groups is 1. The van der Waals surface area contributed by atoms with E-state index in [-0.39, 0.29) is 22.8 Å². The van der Waals surface area contributed by atoms with Gasteiger partial charge in [-0.1, -0.05) is 62.9 Å². The van der Waals surface area contributed by atoms with E-state index in [1.54, 1.807) is 10.6 Å². The first-order valence-corrected chi connectivity index (χ1v) is 11.6. The summed E-state index contributed by atoms with van der Waals surface area (Å²) in [6.07, 6.45) is 0. The highest BCUT2D eigenvalue weighted by Gasteiger charge is 2.32. The summed E-state index contributed by atoms with van der Waals surface area (Å²) < 4.78 is 1.68. The van der Waals surface area contributed by atoms with E-state index in [1.165, 1.54) is 17.3 Å². The summed E-state index contributed by atoms with van der Waals surface area (Å²) in [5.74, 6) is 0.686. The molecule has 3 heterocycles. The van der Waals surface area contributed by atoms with E-state index in [0.29, 0.717) is 12.3 Å². The Bertz CT molecular complexity index is 959. The molecule has 1 unspecified atom stereocenters. The van der Waals surface area contributed by atoms with Gasteiger partial charge in [-0.2, -0.15) is 0 Å². The van der Waals surface area contributed by atoms with E-state index in [0.717, 1.165) is 43.6 Å². The molecule has 0 bridgehead atoms. The van der Waals surface area contributed by atoms with Crippen molar-refractivity contribution in [1.82, 2.24) is 19.4 Å². The lowest BCUT2D eigenvalue weighted by Crippen LogP contribution is -2.51. The van der Waals surface area contributed by atoms with Crippen LogP contribution in [0.15, 0.2) is 46.3 Å². The van der Waals surface area contributed by atoms with Gasteiger partial charge in [0.1, 0.15) is 0 Å². The number of carbonyl (C=O) groups excluding carboxylic acids is 1. The Morgan fingerprint density at radius 3 is 2.50 bits per heavy atom. The van der Waals surface area contributed by atoms with Crippen molar-refractivity contribution in [2.24, 2.45) is 5.92 Å². The summed E-state index contributed by atoms with van der Waals surface area (Å²) >= 11 is 1.53. The molecule has 1 saturated heterocycles. The molecule has 2 aliphatic rings. The standard InChI is InChI=1S/C23H30N4O2S/c1-23(2,3)19-13-20(28)27-15-18(16-30-22(27)24-19)21(29)26-11-9-25(10-12-26)14-17-7-5-4-6-8-17/h4-8,13,18H,9-12,14-16H2,1-3H3. The van der Waals surface area contributed by atoms with E-state index in [2.05, 4.69) is 49.9 Å². The molecular weight excluding hydrogens is 396 g/mol. The van der Waals surface area contributed by atoms with Crippen LogP contribution in [-0.2, 0) is 23.3 Å². The predicted molar refractivity (Wildman–Crippen MR) is 120 cm³/mol. The van der Waals surface area contributed by atoms with Crippen LogP contribution in [-0.4, -0.2) is 57.2 Å². The summed E-state index contributed by atoms with van der Waals surface area (Å²) in [6, 6.07) is 12.1. The van der Waals surface area contributed by atoms with Gasteiger partial charge >= 0.3 is 0 Å². The fourth-order valence-electron chi connectivity index (χ4n) is 3.97. The number of aromatic nitrogens is 2. The van der Waals surface area contributed by atoms with Crippen molar-refractivity contribution < 1.29 is 4.79 Å². The lowest BCUT2D eigenvalue weighted by Gasteiger charge is -2.37. The molecule has 6 nitrogen and oxygen atoms in total. The first-order chi connectivity index (χ1) is 14.3. The first kappa shape index (κ1) is 21.1. The number of rotatable bonds is 3. The van der Waals surface area contributed by atoms with Crippen molar-refractivity contribution in [2.75, 3.05) is 31.9 Å². The summed E-state index contributed by atoms with van der Waals surface area (Å²) in [5, 5.41) is 0.740. The van der Waals surface area contributed by atoms with E-state index in [4.69, 9.17) is 4.98 Å². The molecule has 1 aromatic carbocycles. The number of hydrogen-bond acceptors (Lipinski definition) is 5. The SMILES string of the molecule is CC(C)(C)c1cc(=O)n2c(n1)SCC(C(=O)N1CCN(Cc3ccccc3)CC1)C2. The minimum atomic E-state index is -0.165. The van der Waals surface area contributed by atoms with Crippen molar-refractivity contribution in [2.45, 2.75) is 44.4 Å². The van der Waals surface area contributed by atoms with E-state index >= 15 is 0 Å². The molecule has 2 aromatic rings. The van der Waals surface area contributed by atoms with Gasteiger partial charge in [-0.25, -0.2) is 4.98 Å². The first-order valence-electron chi connectivity index (χ1n) is 10.6. The quantitative estimate of drug-likeness (QED) is 0.706. The molecule has 0 spiro atoms. The fraction of sp³-hybridized carbons (Fsp3) is 0.522. The maximum absolute atomic E-state index is 13.1. The predicted octanol–water partition coefficient (Wildman–Crippen LogP) is 2.61. The lowest BCUT2D eigenvalue weighted by atomic mass is 9.92. The highest BCUT2D eigenvalue weighted by atomic mass is 32.2. The van der Waals surface area contributed by atoms with Gasteiger partial charge in [0.25, 0.3) is 5.56 Å². The van der Waals surface area contributed by atoms with Crippen LogP contribution in [0, 0.1) is 5.92 Å². The van der Waals surface area contributed by atoms with Crippen LogP contribution in [0.25, 0.3) is 0 Å². The zero-order chi connectivity index (χ0) is 21.3. The molecule has 1 aromatic heterocycles. The van der Waals surface area contributed by atoms with E-state index < -0.39 is 0 Å². The van der Waals surface area contributed by atoms with Gasteiger partial charge in [-0.3, -0.25) is 19.1 Å². The molecule has 1 atom stereocenters. The smallest absolute Gasteiger partial charge is 0.254 e. The van der Waals surface area contributed by atoms with Crippen LogP contribution < -0.4 is 5.56 Å². The zero-order valence-corrected chi connectivity index (χ0v) is 18.8. The van der Waals surface area contributed by atoms with Crippen LogP contribution in [0.4, 0.5) is 0 Å². The Labute approximate surface area is 182 Å². The number of benzene rings is 1. The molecular formula is C23H30N4O2S. The monoisotopic (exact) mass is 426 g/mol. The molecule has 160 valence electrons. The number of fused-ring (bicyclic) bond motifs is 1. The van der Waals surface area contributed by atoms with Gasteiger partial charge in [-0.15, -0.1) is 0 Å². The summed E-state index contributed by atoms with van der Waals surface area (Å²) in [4.78, 5) is 34.9. The molecule has 30 heavy (non-hydrogen) atoms. The van der Waals surface area contributed by atoms with Gasteiger partial charge in [0.15, 0.2) is 5.16 Å². The largest absolute Gasteiger partial charge is 0.340 e. The maximum atomic E-state index is 13.1. The molecule has 7 heteroatoms.